The highest BCUT2D eigenvalue weighted by Crippen LogP contribution is 2.27. The molecule has 0 N–H and O–H groups in total. The number of likely N-dealkylation sites (tertiary alicyclic amines) is 1. The molecule has 0 aliphatic carbocycles. The van der Waals surface area contributed by atoms with Gasteiger partial charge in [-0.3, -0.25) is 4.79 Å². The summed E-state index contributed by atoms with van der Waals surface area (Å²) in [5.74, 6) is 1.52. The van der Waals surface area contributed by atoms with Crippen molar-refractivity contribution in [1.82, 2.24) is 14.5 Å². The Morgan fingerprint density at radius 2 is 2.17 bits per heavy atom. The van der Waals surface area contributed by atoms with Gasteiger partial charge in [0, 0.05) is 63.8 Å². The maximum Gasteiger partial charge on any atom is 0.253 e. The van der Waals surface area contributed by atoms with Crippen molar-refractivity contribution >= 4 is 11.6 Å². The van der Waals surface area contributed by atoms with Crippen molar-refractivity contribution < 1.29 is 4.79 Å². The van der Waals surface area contributed by atoms with Gasteiger partial charge in [-0.15, -0.1) is 0 Å². The summed E-state index contributed by atoms with van der Waals surface area (Å²) in [6.07, 6.45) is 5.91. The van der Waals surface area contributed by atoms with Gasteiger partial charge in [0.15, 0.2) is 0 Å². The molecule has 0 bridgehead atoms. The molecule has 1 aliphatic rings. The van der Waals surface area contributed by atoms with Crippen LogP contribution < -0.4 is 4.90 Å². The van der Waals surface area contributed by atoms with Crippen molar-refractivity contribution in [2.75, 3.05) is 32.1 Å². The zero-order chi connectivity index (χ0) is 16.4. The Balaban J connectivity index is 1.77. The number of imidazole rings is 1. The molecule has 1 atom stereocenters. The molecule has 0 spiro atoms. The minimum absolute atomic E-state index is 0.118. The van der Waals surface area contributed by atoms with Gasteiger partial charge in [0.05, 0.1) is 0 Å². The summed E-state index contributed by atoms with van der Waals surface area (Å²) in [6, 6.07) is 7.83. The number of piperidine rings is 1. The van der Waals surface area contributed by atoms with E-state index in [0.29, 0.717) is 5.92 Å². The van der Waals surface area contributed by atoms with Crippen molar-refractivity contribution in [3.05, 3.63) is 48.0 Å². The number of rotatable bonds is 3. The van der Waals surface area contributed by atoms with E-state index in [1.165, 1.54) is 0 Å². The van der Waals surface area contributed by atoms with Gasteiger partial charge in [0.2, 0.25) is 0 Å². The number of hydrogen-bond acceptors (Lipinski definition) is 3. The molecule has 2 heterocycles. The number of aromatic nitrogens is 2. The third-order valence-corrected chi connectivity index (χ3v) is 4.54. The maximum absolute atomic E-state index is 12.9. The second kappa shape index (κ2) is 6.44. The van der Waals surface area contributed by atoms with Gasteiger partial charge in [-0.25, -0.2) is 4.98 Å². The van der Waals surface area contributed by atoms with E-state index in [-0.39, 0.29) is 5.91 Å². The summed E-state index contributed by atoms with van der Waals surface area (Å²) in [5, 5.41) is 0. The zero-order valence-electron chi connectivity index (χ0n) is 14.1. The molecule has 1 aliphatic heterocycles. The molecular formula is C18H24N4O. The minimum Gasteiger partial charge on any atom is -0.378 e. The molecule has 1 aromatic heterocycles. The average molecular weight is 312 g/mol. The highest BCUT2D eigenvalue weighted by atomic mass is 16.2. The van der Waals surface area contributed by atoms with Crippen LogP contribution in [0, 0.1) is 0 Å². The third kappa shape index (κ3) is 3.23. The highest BCUT2D eigenvalue weighted by Gasteiger charge is 2.27. The Bertz CT molecular complexity index is 692. The van der Waals surface area contributed by atoms with Crippen LogP contribution in [0.5, 0.6) is 0 Å². The summed E-state index contributed by atoms with van der Waals surface area (Å²) < 4.78 is 2.06. The van der Waals surface area contributed by atoms with E-state index < -0.39 is 0 Å². The fraction of sp³-hybridized carbons (Fsp3) is 0.444. The van der Waals surface area contributed by atoms with Gasteiger partial charge < -0.3 is 14.4 Å². The Hall–Kier alpha value is -2.30. The number of benzene rings is 1. The van der Waals surface area contributed by atoms with Crippen molar-refractivity contribution in [3.63, 3.8) is 0 Å². The average Bonchev–Trinajstić information content (AvgIpc) is 3.00. The van der Waals surface area contributed by atoms with Gasteiger partial charge >= 0.3 is 0 Å². The largest absolute Gasteiger partial charge is 0.378 e. The van der Waals surface area contributed by atoms with Gasteiger partial charge in [-0.2, -0.15) is 0 Å². The predicted octanol–water partition coefficient (Wildman–Crippen LogP) is 2.51. The second-order valence-electron chi connectivity index (χ2n) is 6.43. The van der Waals surface area contributed by atoms with Gasteiger partial charge in [0.1, 0.15) is 5.82 Å². The predicted molar refractivity (Wildman–Crippen MR) is 91.9 cm³/mol. The Morgan fingerprint density at radius 1 is 1.35 bits per heavy atom. The molecule has 1 fully saturated rings. The zero-order valence-corrected chi connectivity index (χ0v) is 14.1. The number of aryl methyl sites for hydroxylation is 1. The number of amides is 1. The number of nitrogens with zero attached hydrogens (tertiary/aromatic N) is 4. The van der Waals surface area contributed by atoms with E-state index in [9.17, 15) is 4.79 Å². The molecule has 23 heavy (non-hydrogen) atoms. The number of carbonyl (C=O) groups excluding carboxylic acids is 1. The number of carbonyl (C=O) groups is 1. The minimum atomic E-state index is 0.118. The normalized spacial score (nSPS) is 18.0. The van der Waals surface area contributed by atoms with Crippen molar-refractivity contribution in [2.24, 2.45) is 7.05 Å². The highest BCUT2D eigenvalue weighted by molar-refractivity contribution is 5.95. The quantitative estimate of drug-likeness (QED) is 0.874. The number of hydrogen-bond donors (Lipinski definition) is 0. The molecule has 1 amide bonds. The molecule has 2 aromatic rings. The topological polar surface area (TPSA) is 41.4 Å². The van der Waals surface area contributed by atoms with Crippen molar-refractivity contribution in [1.29, 1.82) is 0 Å². The molecule has 5 heteroatoms. The lowest BCUT2D eigenvalue weighted by atomic mass is 9.96. The first-order valence-corrected chi connectivity index (χ1v) is 8.10. The Kier molecular flexibility index (Phi) is 4.37. The molecule has 1 aromatic carbocycles. The summed E-state index contributed by atoms with van der Waals surface area (Å²) in [5.41, 5.74) is 1.81. The smallest absolute Gasteiger partial charge is 0.253 e. The first-order valence-electron chi connectivity index (χ1n) is 8.10. The van der Waals surface area contributed by atoms with E-state index in [0.717, 1.165) is 43.0 Å². The van der Waals surface area contributed by atoms with Crippen molar-refractivity contribution in [3.8, 4) is 0 Å². The first-order chi connectivity index (χ1) is 11.1. The van der Waals surface area contributed by atoms with Crippen LogP contribution in [0.1, 0.15) is 34.9 Å². The van der Waals surface area contributed by atoms with Crippen LogP contribution in [-0.4, -0.2) is 47.5 Å². The second-order valence-corrected chi connectivity index (χ2v) is 6.43. The van der Waals surface area contributed by atoms with E-state index in [2.05, 4.69) is 9.55 Å². The van der Waals surface area contributed by atoms with Crippen LogP contribution >= 0.6 is 0 Å². The Morgan fingerprint density at radius 3 is 2.87 bits per heavy atom. The van der Waals surface area contributed by atoms with Crippen molar-refractivity contribution in [2.45, 2.75) is 18.8 Å². The van der Waals surface area contributed by atoms with Crippen LogP contribution in [0.15, 0.2) is 36.7 Å². The maximum atomic E-state index is 12.9. The fourth-order valence-electron chi connectivity index (χ4n) is 3.24. The molecule has 122 valence electrons. The van der Waals surface area contributed by atoms with E-state index in [4.69, 9.17) is 0 Å². The fourth-order valence-corrected chi connectivity index (χ4v) is 3.24. The molecule has 3 rings (SSSR count). The summed E-state index contributed by atoms with van der Waals surface area (Å²) in [7, 11) is 5.99. The molecule has 1 saturated heterocycles. The van der Waals surface area contributed by atoms with Crippen LogP contribution in [0.25, 0.3) is 0 Å². The standard InChI is InChI=1S/C18H24N4O/c1-20(2)16-8-4-6-14(12-16)18(23)22-10-5-7-15(13-22)17-19-9-11-21(17)3/h4,6,8-9,11-12,15H,5,7,10,13H2,1-3H3/t15-/m1/s1. The number of anilines is 1. The Labute approximate surface area is 137 Å². The molecule has 0 radical (unpaired) electrons. The molecular weight excluding hydrogens is 288 g/mol. The third-order valence-electron chi connectivity index (χ3n) is 4.54. The summed E-state index contributed by atoms with van der Waals surface area (Å²) >= 11 is 0. The van der Waals surface area contributed by atoms with E-state index in [1.54, 1.807) is 0 Å². The SMILES string of the molecule is CN(C)c1cccc(C(=O)N2CCC[C@@H](c3nccn3C)C2)c1. The van der Waals surface area contributed by atoms with E-state index >= 15 is 0 Å². The lowest BCUT2D eigenvalue weighted by Crippen LogP contribution is -2.39. The molecule has 0 saturated carbocycles. The summed E-state index contributed by atoms with van der Waals surface area (Å²) in [6.45, 7) is 1.57. The molecule has 0 unspecified atom stereocenters. The monoisotopic (exact) mass is 312 g/mol. The molecule has 5 nitrogen and oxygen atoms in total. The van der Waals surface area contributed by atoms with Gasteiger partial charge in [-0.1, -0.05) is 6.07 Å². The van der Waals surface area contributed by atoms with Crippen LogP contribution in [0.4, 0.5) is 5.69 Å². The first kappa shape index (κ1) is 15.6. The van der Waals surface area contributed by atoms with Crippen LogP contribution in [0.3, 0.4) is 0 Å². The lowest BCUT2D eigenvalue weighted by molar-refractivity contribution is 0.0703. The van der Waals surface area contributed by atoms with E-state index in [1.807, 2.05) is 67.6 Å². The van der Waals surface area contributed by atoms with Crippen LogP contribution in [0.2, 0.25) is 0 Å². The van der Waals surface area contributed by atoms with Crippen LogP contribution in [-0.2, 0) is 7.05 Å². The summed E-state index contributed by atoms with van der Waals surface area (Å²) in [4.78, 5) is 21.3. The van der Waals surface area contributed by atoms with Gasteiger partial charge in [-0.05, 0) is 31.0 Å². The lowest BCUT2D eigenvalue weighted by Gasteiger charge is -2.32. The van der Waals surface area contributed by atoms with Gasteiger partial charge in [0.25, 0.3) is 5.91 Å².